The summed E-state index contributed by atoms with van der Waals surface area (Å²) >= 11 is 5.53. The zero-order valence-electron chi connectivity index (χ0n) is 10.4. The maximum Gasteiger partial charge on any atom is 0.239 e. The van der Waals surface area contributed by atoms with Gasteiger partial charge in [0.15, 0.2) is 0 Å². The van der Waals surface area contributed by atoms with Crippen LogP contribution in [0.2, 0.25) is 0 Å². The molecule has 1 amide bonds. The topological polar surface area (TPSA) is 41.6 Å². The Bertz CT molecular complexity index is 431. The summed E-state index contributed by atoms with van der Waals surface area (Å²) in [6.45, 7) is 5.12. The minimum Gasteiger partial charge on any atom is -0.378 e. The fourth-order valence-corrected chi connectivity index (χ4v) is 2.08. The van der Waals surface area contributed by atoms with Gasteiger partial charge in [-0.05, 0) is 24.6 Å². The highest BCUT2D eigenvalue weighted by Gasteiger charge is 2.15. The van der Waals surface area contributed by atoms with Crippen LogP contribution in [-0.4, -0.2) is 38.1 Å². The summed E-state index contributed by atoms with van der Waals surface area (Å²) in [7, 11) is 0. The molecule has 0 radical (unpaired) electrons. The van der Waals surface area contributed by atoms with Crippen molar-refractivity contribution < 1.29 is 9.53 Å². The number of anilines is 2. The quantitative estimate of drug-likeness (QED) is 0.853. The number of ether oxygens (including phenoxy) is 1. The zero-order valence-corrected chi connectivity index (χ0v) is 11.2. The smallest absolute Gasteiger partial charge is 0.239 e. The van der Waals surface area contributed by atoms with Gasteiger partial charge < -0.3 is 15.0 Å². The highest BCUT2D eigenvalue weighted by Crippen LogP contribution is 2.27. The van der Waals surface area contributed by atoms with Crippen LogP contribution < -0.4 is 10.2 Å². The van der Waals surface area contributed by atoms with Crippen molar-refractivity contribution in [3.63, 3.8) is 0 Å². The number of aryl methyl sites for hydroxylation is 1. The second-order valence-corrected chi connectivity index (χ2v) is 4.57. The Morgan fingerprint density at radius 3 is 2.83 bits per heavy atom. The lowest BCUT2D eigenvalue weighted by Gasteiger charge is -2.30. The number of amides is 1. The first-order valence-corrected chi connectivity index (χ1v) is 6.53. The van der Waals surface area contributed by atoms with Crippen LogP contribution in [0.3, 0.4) is 0 Å². The molecule has 0 saturated carbocycles. The second-order valence-electron chi connectivity index (χ2n) is 4.30. The van der Waals surface area contributed by atoms with Crippen LogP contribution in [-0.2, 0) is 9.53 Å². The van der Waals surface area contributed by atoms with E-state index >= 15 is 0 Å². The van der Waals surface area contributed by atoms with Gasteiger partial charge in [0.25, 0.3) is 0 Å². The monoisotopic (exact) mass is 268 g/mol. The maximum absolute atomic E-state index is 11.4. The first kappa shape index (κ1) is 13.2. The van der Waals surface area contributed by atoms with Crippen molar-refractivity contribution in [2.24, 2.45) is 0 Å². The van der Waals surface area contributed by atoms with E-state index in [4.69, 9.17) is 16.3 Å². The predicted octanol–water partition coefficient (Wildman–Crippen LogP) is 2.01. The van der Waals surface area contributed by atoms with Crippen molar-refractivity contribution in [3.05, 3.63) is 23.8 Å². The zero-order chi connectivity index (χ0) is 13.0. The minimum atomic E-state index is -0.184. The highest BCUT2D eigenvalue weighted by molar-refractivity contribution is 6.29. The third kappa shape index (κ3) is 3.15. The van der Waals surface area contributed by atoms with E-state index in [0.717, 1.165) is 43.2 Å². The van der Waals surface area contributed by atoms with Crippen molar-refractivity contribution in [1.29, 1.82) is 0 Å². The van der Waals surface area contributed by atoms with Gasteiger partial charge in [0, 0.05) is 13.1 Å². The first-order valence-electron chi connectivity index (χ1n) is 6.00. The summed E-state index contributed by atoms with van der Waals surface area (Å²) in [5, 5.41) is 2.84. The number of rotatable bonds is 3. The van der Waals surface area contributed by atoms with Gasteiger partial charge in [-0.2, -0.15) is 0 Å². The number of alkyl halides is 1. The van der Waals surface area contributed by atoms with Crippen LogP contribution in [0, 0.1) is 6.92 Å². The lowest BCUT2D eigenvalue weighted by molar-refractivity contribution is -0.113. The summed E-state index contributed by atoms with van der Waals surface area (Å²) in [5.74, 6) is -0.215. The molecular weight excluding hydrogens is 252 g/mol. The fourth-order valence-electron chi connectivity index (χ4n) is 2.01. The van der Waals surface area contributed by atoms with Gasteiger partial charge in [-0.1, -0.05) is 6.07 Å². The maximum atomic E-state index is 11.4. The van der Waals surface area contributed by atoms with E-state index in [2.05, 4.69) is 10.2 Å². The fraction of sp³-hybridized carbons (Fsp3) is 0.462. The molecule has 1 aliphatic rings. The van der Waals surface area contributed by atoms with E-state index < -0.39 is 0 Å². The summed E-state index contributed by atoms with van der Waals surface area (Å²) in [5.41, 5.74) is 2.96. The van der Waals surface area contributed by atoms with Gasteiger partial charge >= 0.3 is 0 Å². The van der Waals surface area contributed by atoms with Crippen molar-refractivity contribution in [2.45, 2.75) is 6.92 Å². The molecule has 1 aromatic carbocycles. The predicted molar refractivity (Wildman–Crippen MR) is 73.6 cm³/mol. The summed E-state index contributed by atoms with van der Waals surface area (Å²) in [6.07, 6.45) is 0. The van der Waals surface area contributed by atoms with Crippen LogP contribution in [0.1, 0.15) is 5.56 Å². The van der Waals surface area contributed by atoms with Crippen LogP contribution in [0.5, 0.6) is 0 Å². The second kappa shape index (κ2) is 6.07. The van der Waals surface area contributed by atoms with Crippen LogP contribution in [0.25, 0.3) is 0 Å². The number of carbonyl (C=O) groups is 1. The third-order valence-electron chi connectivity index (χ3n) is 2.90. The molecule has 4 nitrogen and oxygen atoms in total. The SMILES string of the molecule is Cc1ccc(N2CCOCC2)c(NC(=O)CCl)c1. The van der Waals surface area contributed by atoms with Crippen LogP contribution in [0.4, 0.5) is 11.4 Å². The molecule has 0 aliphatic carbocycles. The van der Waals surface area contributed by atoms with Gasteiger partial charge in [0.05, 0.1) is 24.6 Å². The molecule has 98 valence electrons. The Labute approximate surface area is 112 Å². The van der Waals surface area contributed by atoms with E-state index in [1.807, 2.05) is 25.1 Å². The van der Waals surface area contributed by atoms with Crippen molar-refractivity contribution in [3.8, 4) is 0 Å². The molecule has 1 heterocycles. The molecule has 0 atom stereocenters. The molecule has 2 rings (SSSR count). The average molecular weight is 269 g/mol. The lowest BCUT2D eigenvalue weighted by Crippen LogP contribution is -2.36. The van der Waals surface area contributed by atoms with Gasteiger partial charge in [-0.15, -0.1) is 11.6 Å². The molecule has 18 heavy (non-hydrogen) atoms. The van der Waals surface area contributed by atoms with E-state index in [-0.39, 0.29) is 11.8 Å². The van der Waals surface area contributed by atoms with Crippen molar-refractivity contribution in [2.75, 3.05) is 42.4 Å². The van der Waals surface area contributed by atoms with Crippen molar-refractivity contribution in [1.82, 2.24) is 0 Å². The lowest BCUT2D eigenvalue weighted by atomic mass is 10.1. The summed E-state index contributed by atoms with van der Waals surface area (Å²) in [4.78, 5) is 13.7. The molecule has 0 aromatic heterocycles. The average Bonchev–Trinajstić information content (AvgIpc) is 2.40. The molecule has 1 saturated heterocycles. The molecule has 0 spiro atoms. The molecule has 0 unspecified atom stereocenters. The Morgan fingerprint density at radius 1 is 1.44 bits per heavy atom. The molecule has 5 heteroatoms. The van der Waals surface area contributed by atoms with E-state index in [9.17, 15) is 4.79 Å². The highest BCUT2D eigenvalue weighted by atomic mass is 35.5. The molecule has 1 aromatic rings. The minimum absolute atomic E-state index is 0.0313. The number of halogens is 1. The summed E-state index contributed by atoms with van der Waals surface area (Å²) < 4.78 is 5.34. The first-order chi connectivity index (χ1) is 8.70. The van der Waals surface area contributed by atoms with Gasteiger partial charge in [0.2, 0.25) is 5.91 Å². The molecule has 1 aliphatic heterocycles. The molecule has 1 fully saturated rings. The number of carbonyl (C=O) groups excluding carboxylic acids is 1. The number of nitrogens with one attached hydrogen (secondary N) is 1. The standard InChI is InChI=1S/C13H17ClN2O2/c1-10-2-3-12(16-4-6-18-7-5-16)11(8-10)15-13(17)9-14/h2-3,8H,4-7,9H2,1H3,(H,15,17). The Kier molecular flexibility index (Phi) is 4.44. The number of morpholine rings is 1. The van der Waals surface area contributed by atoms with Gasteiger partial charge in [0.1, 0.15) is 5.88 Å². The Hall–Kier alpha value is -1.26. The number of benzene rings is 1. The number of hydrogen-bond donors (Lipinski definition) is 1. The van der Waals surface area contributed by atoms with Gasteiger partial charge in [-0.25, -0.2) is 0 Å². The normalized spacial score (nSPS) is 15.6. The Balaban J connectivity index is 2.24. The third-order valence-corrected chi connectivity index (χ3v) is 3.14. The van der Waals surface area contributed by atoms with E-state index in [0.29, 0.717) is 0 Å². The number of hydrogen-bond acceptors (Lipinski definition) is 3. The molecular formula is C13H17ClN2O2. The molecule has 0 bridgehead atoms. The van der Waals surface area contributed by atoms with E-state index in [1.54, 1.807) is 0 Å². The molecule has 1 N–H and O–H groups in total. The van der Waals surface area contributed by atoms with Crippen molar-refractivity contribution >= 4 is 28.9 Å². The number of nitrogens with zero attached hydrogens (tertiary/aromatic N) is 1. The Morgan fingerprint density at radius 2 is 2.17 bits per heavy atom. The largest absolute Gasteiger partial charge is 0.378 e. The summed E-state index contributed by atoms with van der Waals surface area (Å²) in [6, 6.07) is 6.04. The van der Waals surface area contributed by atoms with Crippen LogP contribution >= 0.6 is 11.6 Å². The van der Waals surface area contributed by atoms with Crippen LogP contribution in [0.15, 0.2) is 18.2 Å². The van der Waals surface area contributed by atoms with Gasteiger partial charge in [-0.3, -0.25) is 4.79 Å². The van der Waals surface area contributed by atoms with E-state index in [1.165, 1.54) is 0 Å².